The van der Waals surface area contributed by atoms with Gasteiger partial charge in [0.1, 0.15) is 16.5 Å². The van der Waals surface area contributed by atoms with Gasteiger partial charge in [-0.25, -0.2) is 0 Å². The molecular weight excluding hydrogens is 363 g/mol. The van der Waals surface area contributed by atoms with E-state index in [2.05, 4.69) is 4.90 Å². The van der Waals surface area contributed by atoms with Crippen molar-refractivity contribution in [3.05, 3.63) is 52.4 Å². The summed E-state index contributed by atoms with van der Waals surface area (Å²) in [5, 5.41) is 0.734. The number of carbonyl (C=O) groups excluding carboxylic acids is 1. The number of carbonyl (C=O) groups is 1. The summed E-state index contributed by atoms with van der Waals surface area (Å²) in [5.41, 5.74) is 0. The highest BCUT2D eigenvalue weighted by molar-refractivity contribution is 6.42. The third-order valence-electron chi connectivity index (χ3n) is 4.21. The molecule has 0 radical (unpaired) electrons. The van der Waals surface area contributed by atoms with Gasteiger partial charge in [0.05, 0.1) is 17.8 Å². The number of hydrogen-bond donors (Lipinski definition) is 0. The number of hydrogen-bond acceptors (Lipinski definition) is 4. The molecule has 1 aliphatic rings. The molecule has 25 heavy (non-hydrogen) atoms. The molecule has 1 aliphatic heterocycles. The molecule has 2 heterocycles. The minimum Gasteiger partial charge on any atom is -0.479 e. The van der Waals surface area contributed by atoms with Gasteiger partial charge in [0, 0.05) is 26.2 Å². The van der Waals surface area contributed by atoms with E-state index in [9.17, 15) is 4.79 Å². The van der Waals surface area contributed by atoms with Crippen LogP contribution in [0.1, 0.15) is 12.7 Å². The zero-order chi connectivity index (χ0) is 17.8. The number of nitrogens with zero attached hydrogens (tertiary/aromatic N) is 2. The topological polar surface area (TPSA) is 45.9 Å². The molecule has 1 fully saturated rings. The fourth-order valence-electron chi connectivity index (χ4n) is 2.82. The average Bonchev–Trinajstić information content (AvgIpc) is 3.12. The second-order valence-electron chi connectivity index (χ2n) is 5.99. The Morgan fingerprint density at radius 3 is 2.64 bits per heavy atom. The standard InChI is InChI=1S/C18H20Cl2N2O3/c1-13(25-16-6-2-5-15(19)17(16)20)18(23)22-9-7-21(8-10-22)12-14-4-3-11-24-14/h2-6,11,13H,7-10,12H2,1H3. The van der Waals surface area contributed by atoms with Crippen molar-refractivity contribution in [2.45, 2.75) is 19.6 Å². The van der Waals surface area contributed by atoms with Crippen molar-refractivity contribution in [1.29, 1.82) is 0 Å². The van der Waals surface area contributed by atoms with Crippen molar-refractivity contribution in [1.82, 2.24) is 9.80 Å². The van der Waals surface area contributed by atoms with Gasteiger partial charge in [0.15, 0.2) is 6.10 Å². The molecule has 3 rings (SSSR count). The summed E-state index contributed by atoms with van der Waals surface area (Å²) in [6.45, 7) is 5.43. The Morgan fingerprint density at radius 2 is 1.96 bits per heavy atom. The van der Waals surface area contributed by atoms with Crippen LogP contribution in [0.2, 0.25) is 10.0 Å². The lowest BCUT2D eigenvalue weighted by molar-refractivity contribution is -0.139. The number of piperazine rings is 1. The van der Waals surface area contributed by atoms with Crippen LogP contribution in [0, 0.1) is 0 Å². The van der Waals surface area contributed by atoms with Gasteiger partial charge in [-0.15, -0.1) is 0 Å². The molecular formula is C18H20Cl2N2O3. The summed E-state index contributed by atoms with van der Waals surface area (Å²) in [5.74, 6) is 1.31. The van der Waals surface area contributed by atoms with Gasteiger partial charge in [-0.2, -0.15) is 0 Å². The largest absolute Gasteiger partial charge is 0.479 e. The zero-order valence-electron chi connectivity index (χ0n) is 14.0. The van der Waals surface area contributed by atoms with Crippen LogP contribution < -0.4 is 4.74 Å². The van der Waals surface area contributed by atoms with Crippen molar-refractivity contribution in [3.63, 3.8) is 0 Å². The second-order valence-corrected chi connectivity index (χ2v) is 6.78. The van der Waals surface area contributed by atoms with Crippen molar-refractivity contribution < 1.29 is 13.9 Å². The third kappa shape index (κ3) is 4.48. The molecule has 0 aliphatic carbocycles. The highest BCUT2D eigenvalue weighted by Crippen LogP contribution is 2.32. The van der Waals surface area contributed by atoms with E-state index in [4.69, 9.17) is 32.4 Å². The van der Waals surface area contributed by atoms with Gasteiger partial charge in [-0.1, -0.05) is 29.3 Å². The molecule has 0 spiro atoms. The lowest BCUT2D eigenvalue weighted by Crippen LogP contribution is -2.51. The molecule has 134 valence electrons. The molecule has 0 bridgehead atoms. The highest BCUT2D eigenvalue weighted by Gasteiger charge is 2.26. The van der Waals surface area contributed by atoms with E-state index in [0.29, 0.717) is 28.9 Å². The Morgan fingerprint density at radius 1 is 1.20 bits per heavy atom. The highest BCUT2D eigenvalue weighted by atomic mass is 35.5. The van der Waals surface area contributed by atoms with Crippen LogP contribution in [0.25, 0.3) is 0 Å². The van der Waals surface area contributed by atoms with Crippen molar-refractivity contribution >= 4 is 29.1 Å². The molecule has 1 aromatic heterocycles. The van der Waals surface area contributed by atoms with Crippen LogP contribution in [0.4, 0.5) is 0 Å². The van der Waals surface area contributed by atoms with E-state index >= 15 is 0 Å². The lowest BCUT2D eigenvalue weighted by Gasteiger charge is -2.35. The molecule has 5 nitrogen and oxygen atoms in total. The number of ether oxygens (including phenoxy) is 1. The maximum Gasteiger partial charge on any atom is 0.263 e. The number of furan rings is 1. The van der Waals surface area contributed by atoms with Crippen LogP contribution in [-0.2, 0) is 11.3 Å². The first-order valence-electron chi connectivity index (χ1n) is 8.19. The Kier molecular flexibility index (Phi) is 5.89. The number of amides is 1. The van der Waals surface area contributed by atoms with E-state index in [1.54, 1.807) is 31.4 Å². The van der Waals surface area contributed by atoms with Crippen LogP contribution in [0.15, 0.2) is 41.0 Å². The molecule has 0 saturated carbocycles. The monoisotopic (exact) mass is 382 g/mol. The molecule has 1 unspecified atom stereocenters. The van der Waals surface area contributed by atoms with Crippen molar-refractivity contribution in [2.75, 3.05) is 26.2 Å². The maximum atomic E-state index is 12.6. The molecule has 1 amide bonds. The van der Waals surface area contributed by atoms with Gasteiger partial charge in [0.25, 0.3) is 5.91 Å². The Bertz CT molecular complexity index is 713. The predicted molar refractivity (Wildman–Crippen MR) is 97.1 cm³/mol. The number of benzene rings is 1. The molecule has 7 heteroatoms. The van der Waals surface area contributed by atoms with Crippen LogP contribution in [-0.4, -0.2) is 48.0 Å². The fourth-order valence-corrected chi connectivity index (χ4v) is 3.16. The maximum absolute atomic E-state index is 12.6. The Hall–Kier alpha value is -1.69. The average molecular weight is 383 g/mol. The SMILES string of the molecule is CC(Oc1cccc(Cl)c1Cl)C(=O)N1CCN(Cc2ccco2)CC1. The minimum atomic E-state index is -0.618. The van der Waals surface area contributed by atoms with E-state index in [1.807, 2.05) is 17.0 Å². The first-order chi connectivity index (χ1) is 12.0. The van der Waals surface area contributed by atoms with Gasteiger partial charge >= 0.3 is 0 Å². The molecule has 2 aromatic rings. The zero-order valence-corrected chi connectivity index (χ0v) is 15.5. The molecule has 1 saturated heterocycles. The molecule has 1 aromatic carbocycles. The summed E-state index contributed by atoms with van der Waals surface area (Å²) in [4.78, 5) is 16.7. The third-order valence-corrected chi connectivity index (χ3v) is 5.01. The summed E-state index contributed by atoms with van der Waals surface area (Å²) >= 11 is 12.1. The second kappa shape index (κ2) is 8.13. The minimum absolute atomic E-state index is 0.0475. The van der Waals surface area contributed by atoms with Gasteiger partial charge in [-0.3, -0.25) is 9.69 Å². The molecule has 1 atom stereocenters. The van der Waals surface area contributed by atoms with Crippen molar-refractivity contribution in [2.24, 2.45) is 0 Å². The fraction of sp³-hybridized carbons (Fsp3) is 0.389. The summed E-state index contributed by atoms with van der Waals surface area (Å²) in [6.07, 6.45) is 1.06. The van der Waals surface area contributed by atoms with Crippen LogP contribution >= 0.6 is 23.2 Å². The van der Waals surface area contributed by atoms with Crippen LogP contribution in [0.3, 0.4) is 0 Å². The predicted octanol–water partition coefficient (Wildman–Crippen LogP) is 3.70. The first kappa shape index (κ1) is 18.1. The Balaban J connectivity index is 1.52. The van der Waals surface area contributed by atoms with Gasteiger partial charge < -0.3 is 14.1 Å². The lowest BCUT2D eigenvalue weighted by atomic mass is 10.2. The first-order valence-corrected chi connectivity index (χ1v) is 8.94. The normalized spacial score (nSPS) is 16.7. The van der Waals surface area contributed by atoms with E-state index in [-0.39, 0.29) is 5.91 Å². The van der Waals surface area contributed by atoms with E-state index < -0.39 is 6.10 Å². The summed E-state index contributed by atoms with van der Waals surface area (Å²) < 4.78 is 11.1. The molecule has 0 N–H and O–H groups in total. The smallest absolute Gasteiger partial charge is 0.263 e. The van der Waals surface area contributed by atoms with E-state index in [1.165, 1.54) is 0 Å². The number of halogens is 2. The van der Waals surface area contributed by atoms with E-state index in [0.717, 1.165) is 25.4 Å². The Labute approximate surface area is 157 Å². The summed E-state index contributed by atoms with van der Waals surface area (Å²) in [7, 11) is 0. The van der Waals surface area contributed by atoms with Crippen molar-refractivity contribution in [3.8, 4) is 5.75 Å². The van der Waals surface area contributed by atoms with Crippen LogP contribution in [0.5, 0.6) is 5.75 Å². The number of rotatable bonds is 5. The quantitative estimate of drug-likeness (QED) is 0.790. The summed E-state index contributed by atoms with van der Waals surface area (Å²) in [6, 6.07) is 8.98. The van der Waals surface area contributed by atoms with Gasteiger partial charge in [-0.05, 0) is 31.2 Å². The van der Waals surface area contributed by atoms with Gasteiger partial charge in [0.2, 0.25) is 0 Å².